The van der Waals surface area contributed by atoms with Crippen molar-refractivity contribution in [2.45, 2.75) is 6.92 Å². The highest BCUT2D eigenvalue weighted by atomic mass is 16.3. The van der Waals surface area contributed by atoms with E-state index in [1.54, 1.807) is 12.1 Å². The molecule has 2 N–H and O–H groups in total. The molecule has 0 aliphatic carbocycles. The zero-order valence-corrected chi connectivity index (χ0v) is 6.82. The summed E-state index contributed by atoms with van der Waals surface area (Å²) in [5, 5.41) is 26.7. The van der Waals surface area contributed by atoms with Gasteiger partial charge in [0.1, 0.15) is 0 Å². The van der Waals surface area contributed by atoms with Gasteiger partial charge in [-0.2, -0.15) is 0 Å². The van der Waals surface area contributed by atoms with Crippen molar-refractivity contribution in [3.8, 4) is 11.5 Å². The first-order valence-corrected chi connectivity index (χ1v) is 3.33. The van der Waals surface area contributed by atoms with Crippen LogP contribution in [-0.2, 0) is 0 Å². The van der Waals surface area contributed by atoms with Gasteiger partial charge >= 0.3 is 0 Å². The topological polar surface area (TPSA) is 63.5 Å². The van der Waals surface area contributed by atoms with Crippen LogP contribution < -0.4 is 5.11 Å². The van der Waals surface area contributed by atoms with Crippen LogP contribution in [0.15, 0.2) is 36.6 Å². The van der Waals surface area contributed by atoms with Crippen molar-refractivity contribution in [3.05, 3.63) is 36.6 Å². The van der Waals surface area contributed by atoms with Gasteiger partial charge in [0.15, 0.2) is 11.5 Å². The molecule has 0 amide bonds. The minimum absolute atomic E-state index is 0.0764. The van der Waals surface area contributed by atoms with Crippen LogP contribution in [0.25, 0.3) is 0 Å². The van der Waals surface area contributed by atoms with Crippen molar-refractivity contribution in [1.29, 1.82) is 0 Å². The number of rotatable bonds is 0. The smallest absolute Gasteiger partial charge is 0.157 e. The number of phenolic OH excluding ortho intramolecular Hbond substituents is 2. The summed E-state index contributed by atoms with van der Waals surface area (Å²) in [6, 6.07) is 6.15. The van der Waals surface area contributed by atoms with Gasteiger partial charge in [-0.15, -0.1) is 12.3 Å². The lowest BCUT2D eigenvalue weighted by atomic mass is 10.3. The van der Waals surface area contributed by atoms with Crippen LogP contribution in [0.1, 0.15) is 6.92 Å². The highest BCUT2D eigenvalue weighted by molar-refractivity contribution is 5.36. The lowest BCUT2D eigenvalue weighted by Crippen LogP contribution is -1.92. The van der Waals surface area contributed by atoms with Gasteiger partial charge in [-0.05, 0) is 12.1 Å². The number of benzene rings is 1. The molecular formula is C9H11O3-. The molecule has 12 heavy (non-hydrogen) atoms. The molecule has 0 unspecified atom stereocenters. The second kappa shape index (κ2) is 5.07. The summed E-state index contributed by atoms with van der Waals surface area (Å²) in [5.74, 6) is -0.236. The molecule has 0 fully saturated rings. The van der Waals surface area contributed by atoms with Crippen molar-refractivity contribution < 1.29 is 15.3 Å². The van der Waals surface area contributed by atoms with Gasteiger partial charge in [0.25, 0.3) is 0 Å². The molecule has 0 bridgehead atoms. The lowest BCUT2D eigenvalue weighted by Gasteiger charge is -1.92. The molecule has 0 heterocycles. The predicted octanol–water partition coefficient (Wildman–Crippen LogP) is 0.978. The zero-order chi connectivity index (χ0) is 9.56. The van der Waals surface area contributed by atoms with E-state index in [4.69, 9.17) is 10.2 Å². The number of phenols is 2. The number of hydrogen-bond acceptors (Lipinski definition) is 3. The van der Waals surface area contributed by atoms with Crippen molar-refractivity contribution >= 4 is 0 Å². The molecule has 3 nitrogen and oxygen atoms in total. The highest BCUT2D eigenvalue weighted by Gasteiger charge is 1.90. The Labute approximate surface area is 71.2 Å². The second-order valence-electron chi connectivity index (χ2n) is 2.19. The molecule has 0 aliphatic rings. The number of allylic oxidation sites excluding steroid dienone is 1. The normalized spacial score (nSPS) is 8.08. The maximum Gasteiger partial charge on any atom is 0.157 e. The van der Waals surface area contributed by atoms with E-state index in [1.165, 1.54) is 19.1 Å². The van der Waals surface area contributed by atoms with Gasteiger partial charge in [0.2, 0.25) is 0 Å². The zero-order valence-electron chi connectivity index (χ0n) is 6.82. The molecule has 0 aromatic heterocycles. The average Bonchev–Trinajstić information content (AvgIpc) is 1.94. The van der Waals surface area contributed by atoms with Crippen LogP contribution in [0.5, 0.6) is 11.5 Å². The highest BCUT2D eigenvalue weighted by Crippen LogP contribution is 2.21. The number of aromatic hydroxyl groups is 2. The molecule has 1 aromatic carbocycles. The third-order valence-electron chi connectivity index (χ3n) is 0.882. The Kier molecular flexibility index (Phi) is 4.38. The summed E-state index contributed by atoms with van der Waals surface area (Å²) in [6.45, 7) is 4.42. The Morgan fingerprint density at radius 2 is 1.50 bits per heavy atom. The van der Waals surface area contributed by atoms with Crippen molar-refractivity contribution in [3.63, 3.8) is 0 Å². The third kappa shape index (κ3) is 5.17. The summed E-state index contributed by atoms with van der Waals surface area (Å²) in [4.78, 5) is 0. The molecule has 0 atom stereocenters. The summed E-state index contributed by atoms with van der Waals surface area (Å²) < 4.78 is 0. The fourth-order valence-corrected chi connectivity index (χ4v) is 0.464. The molecule has 1 rings (SSSR count). The Hall–Kier alpha value is -1.64. The lowest BCUT2D eigenvalue weighted by molar-refractivity contribution is -0.300. The van der Waals surface area contributed by atoms with Crippen LogP contribution in [0, 0.1) is 0 Å². The predicted molar refractivity (Wildman–Crippen MR) is 44.6 cm³/mol. The van der Waals surface area contributed by atoms with Crippen LogP contribution in [-0.4, -0.2) is 10.2 Å². The average molecular weight is 167 g/mol. The van der Waals surface area contributed by atoms with Crippen molar-refractivity contribution in [1.82, 2.24) is 0 Å². The van der Waals surface area contributed by atoms with Gasteiger partial charge in [-0.25, -0.2) is 0 Å². The quantitative estimate of drug-likeness (QED) is 0.447. The van der Waals surface area contributed by atoms with Gasteiger partial charge in [-0.3, -0.25) is 0 Å². The molecule has 3 heteroatoms. The summed E-state index contributed by atoms with van der Waals surface area (Å²) in [5.41, 5.74) is 0. The van der Waals surface area contributed by atoms with Crippen LogP contribution in [0.4, 0.5) is 0 Å². The monoisotopic (exact) mass is 167 g/mol. The van der Waals surface area contributed by atoms with E-state index >= 15 is 0 Å². The largest absolute Gasteiger partial charge is 0.876 e. The molecule has 0 spiro atoms. The summed E-state index contributed by atoms with van der Waals surface area (Å²) in [7, 11) is 0. The Balaban J connectivity index is 0.000000261. The molecule has 0 saturated heterocycles. The summed E-state index contributed by atoms with van der Waals surface area (Å²) >= 11 is 0. The maximum atomic E-state index is 9.33. The standard InChI is InChI=1S/C6H6O2.C3H6O/c7-5-3-1-2-4-6(5)8;1-3(2)4/h1-4,7-8H;4H,1H2,2H3/p-1. The van der Waals surface area contributed by atoms with Gasteiger partial charge in [0.05, 0.1) is 0 Å². The minimum atomic E-state index is -0.0833. The van der Waals surface area contributed by atoms with E-state index in [1.807, 2.05) is 0 Å². The molecule has 66 valence electrons. The number of para-hydroxylation sites is 2. The first-order valence-electron chi connectivity index (χ1n) is 3.33. The van der Waals surface area contributed by atoms with Crippen LogP contribution in [0.2, 0.25) is 0 Å². The minimum Gasteiger partial charge on any atom is -0.876 e. The van der Waals surface area contributed by atoms with E-state index in [9.17, 15) is 5.11 Å². The van der Waals surface area contributed by atoms with E-state index in [0.717, 1.165) is 0 Å². The number of hydrogen-bond donors (Lipinski definition) is 2. The summed E-state index contributed by atoms with van der Waals surface area (Å²) in [6.07, 6.45) is 0. The maximum absolute atomic E-state index is 9.33. The van der Waals surface area contributed by atoms with Crippen molar-refractivity contribution in [2.75, 3.05) is 0 Å². The van der Waals surface area contributed by atoms with Crippen LogP contribution >= 0.6 is 0 Å². The Morgan fingerprint density at radius 1 is 1.25 bits per heavy atom. The first-order chi connectivity index (χ1) is 5.54. The van der Waals surface area contributed by atoms with Crippen molar-refractivity contribution in [2.24, 2.45) is 0 Å². The SMILES string of the molecule is C=C(C)[O-].Oc1ccccc1O. The molecule has 0 saturated carbocycles. The molecule has 0 radical (unpaired) electrons. The fraction of sp³-hybridized carbons (Fsp3) is 0.111. The van der Waals surface area contributed by atoms with E-state index in [-0.39, 0.29) is 17.3 Å². The van der Waals surface area contributed by atoms with E-state index in [2.05, 4.69) is 6.58 Å². The van der Waals surface area contributed by atoms with Gasteiger partial charge in [0, 0.05) is 0 Å². The Bertz CT molecular complexity index is 231. The van der Waals surface area contributed by atoms with E-state index < -0.39 is 0 Å². The van der Waals surface area contributed by atoms with E-state index in [0.29, 0.717) is 0 Å². The third-order valence-corrected chi connectivity index (χ3v) is 0.882. The van der Waals surface area contributed by atoms with Gasteiger partial charge in [-0.1, -0.05) is 19.1 Å². The Morgan fingerprint density at radius 3 is 1.67 bits per heavy atom. The van der Waals surface area contributed by atoms with Crippen LogP contribution in [0.3, 0.4) is 0 Å². The molecule has 0 aliphatic heterocycles. The second-order valence-corrected chi connectivity index (χ2v) is 2.19. The van der Waals surface area contributed by atoms with Gasteiger partial charge < -0.3 is 15.3 Å². The first kappa shape index (κ1) is 10.4. The fourth-order valence-electron chi connectivity index (χ4n) is 0.464. The molecule has 1 aromatic rings. The molecular weight excluding hydrogens is 156 g/mol.